The lowest BCUT2D eigenvalue weighted by atomic mass is 9.99. The molecule has 1 N–H and O–H groups in total. The molecular weight excluding hydrogens is 296 g/mol. The highest BCUT2D eigenvalue weighted by Crippen LogP contribution is 2.23. The fourth-order valence-corrected chi connectivity index (χ4v) is 3.09. The number of carbonyl (C=O) groups is 1. The van der Waals surface area contributed by atoms with Gasteiger partial charge in [-0.15, -0.1) is 0 Å². The van der Waals surface area contributed by atoms with Gasteiger partial charge in [0.1, 0.15) is 0 Å². The number of carbonyl (C=O) groups excluding carboxylic acids is 1. The maximum atomic E-state index is 12.5. The lowest BCUT2D eigenvalue weighted by molar-refractivity contribution is -0.120. The van der Waals surface area contributed by atoms with E-state index in [1.807, 2.05) is 44.2 Å². The third kappa shape index (κ3) is 3.92. The summed E-state index contributed by atoms with van der Waals surface area (Å²) in [7, 11) is 0. The molecule has 3 heteroatoms. The largest absolute Gasteiger partial charge is 0.325 e. The van der Waals surface area contributed by atoms with Crippen LogP contribution in [-0.2, 0) is 4.79 Å². The highest BCUT2D eigenvalue weighted by molar-refractivity contribution is 5.94. The molecule has 0 saturated carbocycles. The molecule has 0 bridgehead atoms. The molecular formula is C21H24N2O. The SMILES string of the molecule is Cc1cccc(NC(=O)[C@@H](C)N2CC=C(c3ccccc3)CC2)c1. The first kappa shape index (κ1) is 16.5. The predicted molar refractivity (Wildman–Crippen MR) is 99.9 cm³/mol. The van der Waals surface area contributed by atoms with Gasteiger partial charge in [0.25, 0.3) is 0 Å². The number of nitrogens with one attached hydrogen (secondary N) is 1. The van der Waals surface area contributed by atoms with Crippen molar-refractivity contribution < 1.29 is 4.79 Å². The first-order valence-electron chi connectivity index (χ1n) is 8.49. The Balaban J connectivity index is 1.61. The summed E-state index contributed by atoms with van der Waals surface area (Å²) >= 11 is 0. The van der Waals surface area contributed by atoms with E-state index in [0.29, 0.717) is 0 Å². The van der Waals surface area contributed by atoms with Gasteiger partial charge in [-0.3, -0.25) is 9.69 Å². The summed E-state index contributed by atoms with van der Waals surface area (Å²) < 4.78 is 0. The van der Waals surface area contributed by atoms with E-state index in [-0.39, 0.29) is 11.9 Å². The van der Waals surface area contributed by atoms with Crippen LogP contribution in [0.5, 0.6) is 0 Å². The number of nitrogens with zero attached hydrogens (tertiary/aromatic N) is 1. The zero-order valence-electron chi connectivity index (χ0n) is 14.3. The van der Waals surface area contributed by atoms with E-state index in [1.54, 1.807) is 0 Å². The van der Waals surface area contributed by atoms with Crippen molar-refractivity contribution in [1.82, 2.24) is 4.90 Å². The fraction of sp³-hybridized carbons (Fsp3) is 0.286. The van der Waals surface area contributed by atoms with Crippen molar-refractivity contribution in [3.8, 4) is 0 Å². The van der Waals surface area contributed by atoms with Gasteiger partial charge < -0.3 is 5.32 Å². The summed E-state index contributed by atoms with van der Waals surface area (Å²) in [5, 5.41) is 3.02. The van der Waals surface area contributed by atoms with Crippen molar-refractivity contribution in [3.63, 3.8) is 0 Å². The average Bonchev–Trinajstić information content (AvgIpc) is 2.62. The molecule has 2 aromatic rings. The second-order valence-electron chi connectivity index (χ2n) is 6.38. The molecule has 1 atom stereocenters. The Morgan fingerprint density at radius 1 is 1.12 bits per heavy atom. The van der Waals surface area contributed by atoms with Crippen molar-refractivity contribution >= 4 is 17.2 Å². The molecule has 0 fully saturated rings. The van der Waals surface area contributed by atoms with Crippen molar-refractivity contribution in [3.05, 3.63) is 71.8 Å². The van der Waals surface area contributed by atoms with E-state index in [4.69, 9.17) is 0 Å². The minimum atomic E-state index is -0.140. The summed E-state index contributed by atoms with van der Waals surface area (Å²) in [4.78, 5) is 14.7. The first-order valence-corrected chi connectivity index (χ1v) is 8.49. The van der Waals surface area contributed by atoms with Gasteiger partial charge in [-0.2, -0.15) is 0 Å². The Morgan fingerprint density at radius 2 is 1.92 bits per heavy atom. The normalized spacial score (nSPS) is 16.3. The average molecular weight is 320 g/mol. The maximum Gasteiger partial charge on any atom is 0.241 e. The molecule has 0 saturated heterocycles. The van der Waals surface area contributed by atoms with Gasteiger partial charge >= 0.3 is 0 Å². The molecule has 1 aliphatic rings. The van der Waals surface area contributed by atoms with E-state index >= 15 is 0 Å². The molecule has 2 aromatic carbocycles. The minimum Gasteiger partial charge on any atom is -0.325 e. The highest BCUT2D eigenvalue weighted by atomic mass is 16.2. The second-order valence-corrected chi connectivity index (χ2v) is 6.38. The quantitative estimate of drug-likeness (QED) is 0.919. The van der Waals surface area contributed by atoms with Crippen LogP contribution < -0.4 is 5.32 Å². The Hall–Kier alpha value is -2.39. The summed E-state index contributed by atoms with van der Waals surface area (Å²) in [6.07, 6.45) is 3.22. The van der Waals surface area contributed by atoms with E-state index in [1.165, 1.54) is 11.1 Å². The molecule has 3 rings (SSSR count). The van der Waals surface area contributed by atoms with Gasteiger partial charge in [0.15, 0.2) is 0 Å². The number of hydrogen-bond donors (Lipinski definition) is 1. The minimum absolute atomic E-state index is 0.0529. The van der Waals surface area contributed by atoms with Crippen LogP contribution in [-0.4, -0.2) is 29.9 Å². The molecule has 0 unspecified atom stereocenters. The summed E-state index contributed by atoms with van der Waals surface area (Å²) in [5.41, 5.74) is 4.67. The molecule has 1 aliphatic heterocycles. The van der Waals surface area contributed by atoms with Gasteiger partial charge in [0.05, 0.1) is 6.04 Å². The molecule has 1 heterocycles. The van der Waals surface area contributed by atoms with E-state index in [0.717, 1.165) is 30.8 Å². The topological polar surface area (TPSA) is 32.3 Å². The Labute approximate surface area is 144 Å². The van der Waals surface area contributed by atoms with Crippen molar-refractivity contribution in [2.45, 2.75) is 26.3 Å². The number of benzene rings is 2. The number of aryl methyl sites for hydroxylation is 1. The van der Waals surface area contributed by atoms with Gasteiger partial charge in [0.2, 0.25) is 5.91 Å². The smallest absolute Gasteiger partial charge is 0.241 e. The lowest BCUT2D eigenvalue weighted by Gasteiger charge is -2.31. The standard InChI is InChI=1S/C21H24N2O/c1-16-7-6-10-20(15-16)22-21(24)17(2)23-13-11-19(12-14-23)18-8-4-3-5-9-18/h3-11,15,17H,12-14H2,1-2H3,(H,22,24)/t17-/m1/s1. The van der Waals surface area contributed by atoms with Crippen LogP contribution in [0, 0.1) is 6.92 Å². The van der Waals surface area contributed by atoms with Crippen LogP contribution in [0.25, 0.3) is 5.57 Å². The molecule has 0 aliphatic carbocycles. The van der Waals surface area contributed by atoms with Gasteiger partial charge in [-0.05, 0) is 49.1 Å². The summed E-state index contributed by atoms with van der Waals surface area (Å²) in [6.45, 7) is 5.72. The number of amides is 1. The Morgan fingerprint density at radius 3 is 2.58 bits per heavy atom. The van der Waals surface area contributed by atoms with E-state index in [9.17, 15) is 4.79 Å². The third-order valence-corrected chi connectivity index (χ3v) is 4.60. The number of hydrogen-bond acceptors (Lipinski definition) is 2. The zero-order chi connectivity index (χ0) is 16.9. The van der Waals surface area contributed by atoms with Crippen LogP contribution in [0.3, 0.4) is 0 Å². The molecule has 24 heavy (non-hydrogen) atoms. The Bertz CT molecular complexity index is 737. The highest BCUT2D eigenvalue weighted by Gasteiger charge is 2.23. The van der Waals surface area contributed by atoms with Gasteiger partial charge in [0, 0.05) is 18.8 Å². The van der Waals surface area contributed by atoms with Crippen molar-refractivity contribution in [2.24, 2.45) is 0 Å². The summed E-state index contributed by atoms with van der Waals surface area (Å²) in [5.74, 6) is 0.0529. The van der Waals surface area contributed by atoms with Gasteiger partial charge in [-0.1, -0.05) is 48.5 Å². The van der Waals surface area contributed by atoms with Crippen LogP contribution in [0.1, 0.15) is 24.5 Å². The third-order valence-electron chi connectivity index (χ3n) is 4.60. The summed E-state index contributed by atoms with van der Waals surface area (Å²) in [6, 6.07) is 18.3. The zero-order valence-corrected chi connectivity index (χ0v) is 14.3. The molecule has 124 valence electrons. The molecule has 0 radical (unpaired) electrons. The lowest BCUT2D eigenvalue weighted by Crippen LogP contribution is -2.44. The van der Waals surface area contributed by atoms with Crippen LogP contribution in [0.2, 0.25) is 0 Å². The van der Waals surface area contributed by atoms with Crippen molar-refractivity contribution in [1.29, 1.82) is 0 Å². The monoisotopic (exact) mass is 320 g/mol. The predicted octanol–water partition coefficient (Wildman–Crippen LogP) is 4.11. The van der Waals surface area contributed by atoms with Crippen LogP contribution in [0.15, 0.2) is 60.7 Å². The molecule has 0 aromatic heterocycles. The van der Waals surface area contributed by atoms with E-state index in [2.05, 4.69) is 40.6 Å². The number of rotatable bonds is 4. The van der Waals surface area contributed by atoms with Gasteiger partial charge in [-0.25, -0.2) is 0 Å². The number of anilines is 1. The molecule has 1 amide bonds. The maximum absolute atomic E-state index is 12.5. The van der Waals surface area contributed by atoms with Crippen LogP contribution >= 0.6 is 0 Å². The molecule has 0 spiro atoms. The fourth-order valence-electron chi connectivity index (χ4n) is 3.09. The van der Waals surface area contributed by atoms with Crippen molar-refractivity contribution in [2.75, 3.05) is 18.4 Å². The molecule has 3 nitrogen and oxygen atoms in total. The first-order chi connectivity index (χ1) is 11.6. The Kier molecular flexibility index (Phi) is 5.11. The van der Waals surface area contributed by atoms with E-state index < -0.39 is 0 Å². The second kappa shape index (κ2) is 7.45. The van der Waals surface area contributed by atoms with Crippen LogP contribution in [0.4, 0.5) is 5.69 Å².